The number of nitrogens with zero attached hydrogens (tertiary/aromatic N) is 2. The first-order valence-corrected chi connectivity index (χ1v) is 7.23. The van der Waals surface area contributed by atoms with E-state index in [9.17, 15) is 0 Å². The minimum absolute atomic E-state index is 0.681. The van der Waals surface area contributed by atoms with Gasteiger partial charge in [0.15, 0.2) is 0 Å². The highest BCUT2D eigenvalue weighted by Gasteiger charge is 2.09. The van der Waals surface area contributed by atoms with E-state index in [2.05, 4.69) is 34.0 Å². The monoisotopic (exact) mass is 385 g/mol. The maximum absolute atomic E-state index is 9.01. The summed E-state index contributed by atoms with van der Waals surface area (Å²) >= 11 is 8.18. The predicted molar refractivity (Wildman–Crippen MR) is 86.4 cm³/mol. The van der Waals surface area contributed by atoms with E-state index < -0.39 is 0 Å². The molecule has 0 atom stereocenters. The Balaban J connectivity index is 2.17. The van der Waals surface area contributed by atoms with E-state index in [1.165, 1.54) is 0 Å². The van der Waals surface area contributed by atoms with Crippen molar-refractivity contribution in [1.29, 1.82) is 5.26 Å². The summed E-state index contributed by atoms with van der Waals surface area (Å²) in [6, 6.07) is 9.86. The smallest absolute Gasteiger partial charge is 0.120 e. The molecule has 2 aromatic rings. The standard InChI is InChI=1S/C14H13ClIN3/c1-9-10(5-12(7-17)19(9)2)8-18-14-4-3-11(15)6-13(14)16/h3-6,18H,8H2,1-2H3. The minimum Gasteiger partial charge on any atom is -0.380 e. The molecule has 0 spiro atoms. The molecular formula is C14H13ClIN3. The van der Waals surface area contributed by atoms with Gasteiger partial charge in [0.25, 0.3) is 0 Å². The Morgan fingerprint density at radius 3 is 2.74 bits per heavy atom. The van der Waals surface area contributed by atoms with Gasteiger partial charge in [-0.2, -0.15) is 5.26 Å². The molecule has 0 amide bonds. The topological polar surface area (TPSA) is 40.8 Å². The third kappa shape index (κ3) is 3.04. The predicted octanol–water partition coefficient (Wildman–Crippen LogP) is 4.08. The lowest BCUT2D eigenvalue weighted by Gasteiger charge is -2.09. The van der Waals surface area contributed by atoms with Gasteiger partial charge in [0.1, 0.15) is 11.8 Å². The number of hydrogen-bond donors (Lipinski definition) is 1. The molecule has 0 radical (unpaired) electrons. The molecule has 0 aliphatic rings. The first-order chi connectivity index (χ1) is 9.02. The van der Waals surface area contributed by atoms with E-state index in [-0.39, 0.29) is 0 Å². The summed E-state index contributed by atoms with van der Waals surface area (Å²) < 4.78 is 2.99. The molecule has 0 saturated heterocycles. The highest BCUT2D eigenvalue weighted by molar-refractivity contribution is 14.1. The maximum atomic E-state index is 9.01. The normalized spacial score (nSPS) is 10.3. The van der Waals surface area contributed by atoms with Gasteiger partial charge in [-0.05, 0) is 59.3 Å². The van der Waals surface area contributed by atoms with Crippen molar-refractivity contribution in [1.82, 2.24) is 4.57 Å². The van der Waals surface area contributed by atoms with Crippen LogP contribution in [0, 0.1) is 21.8 Å². The van der Waals surface area contributed by atoms with Crippen LogP contribution in [0.4, 0.5) is 5.69 Å². The van der Waals surface area contributed by atoms with E-state index in [1.54, 1.807) is 0 Å². The summed E-state index contributed by atoms with van der Waals surface area (Å²) in [6.45, 7) is 2.71. The highest BCUT2D eigenvalue weighted by atomic mass is 127. The molecule has 5 heteroatoms. The van der Waals surface area contributed by atoms with Gasteiger partial charge < -0.3 is 9.88 Å². The van der Waals surface area contributed by atoms with Crippen LogP contribution in [0.5, 0.6) is 0 Å². The van der Waals surface area contributed by atoms with Crippen molar-refractivity contribution in [2.24, 2.45) is 7.05 Å². The number of nitriles is 1. The molecule has 0 bridgehead atoms. The molecule has 2 rings (SSSR count). The van der Waals surface area contributed by atoms with Gasteiger partial charge in [-0.25, -0.2) is 0 Å². The third-order valence-electron chi connectivity index (χ3n) is 3.16. The van der Waals surface area contributed by atoms with E-state index in [0.717, 1.165) is 25.5 Å². The lowest BCUT2D eigenvalue weighted by molar-refractivity contribution is 0.856. The van der Waals surface area contributed by atoms with Crippen molar-refractivity contribution >= 4 is 39.9 Å². The fraction of sp³-hybridized carbons (Fsp3) is 0.214. The summed E-state index contributed by atoms with van der Waals surface area (Å²) in [5, 5.41) is 13.1. The zero-order chi connectivity index (χ0) is 14.0. The quantitative estimate of drug-likeness (QED) is 0.809. The fourth-order valence-corrected chi connectivity index (χ4v) is 2.93. The second kappa shape index (κ2) is 5.85. The number of rotatable bonds is 3. The third-order valence-corrected chi connectivity index (χ3v) is 4.28. The van der Waals surface area contributed by atoms with Crippen molar-refractivity contribution in [3.8, 4) is 6.07 Å². The molecule has 0 aliphatic heterocycles. The van der Waals surface area contributed by atoms with E-state index in [4.69, 9.17) is 16.9 Å². The minimum atomic E-state index is 0.681. The molecule has 0 aliphatic carbocycles. The Labute approximate surface area is 131 Å². The molecule has 0 unspecified atom stereocenters. The van der Waals surface area contributed by atoms with Crippen molar-refractivity contribution in [3.63, 3.8) is 0 Å². The van der Waals surface area contributed by atoms with Crippen LogP contribution in [0.1, 0.15) is 17.0 Å². The van der Waals surface area contributed by atoms with Gasteiger partial charge >= 0.3 is 0 Å². The zero-order valence-corrected chi connectivity index (χ0v) is 13.6. The molecule has 1 N–H and O–H groups in total. The SMILES string of the molecule is Cc1c(CNc2ccc(Cl)cc2I)cc(C#N)n1C. The first-order valence-electron chi connectivity index (χ1n) is 5.77. The van der Waals surface area contributed by atoms with Gasteiger partial charge in [-0.1, -0.05) is 11.6 Å². The maximum Gasteiger partial charge on any atom is 0.120 e. The summed E-state index contributed by atoms with van der Waals surface area (Å²) in [7, 11) is 1.91. The van der Waals surface area contributed by atoms with Crippen LogP contribution in [-0.4, -0.2) is 4.57 Å². The van der Waals surface area contributed by atoms with E-state index in [1.807, 2.05) is 42.8 Å². The number of aromatic nitrogens is 1. The molecular weight excluding hydrogens is 373 g/mol. The zero-order valence-electron chi connectivity index (χ0n) is 10.7. The molecule has 3 nitrogen and oxygen atoms in total. The summed E-state index contributed by atoms with van der Waals surface area (Å²) in [4.78, 5) is 0. The number of anilines is 1. The number of benzene rings is 1. The van der Waals surface area contributed by atoms with Crippen LogP contribution in [0.2, 0.25) is 5.02 Å². The summed E-state index contributed by atoms with van der Waals surface area (Å²) in [5.41, 5.74) is 3.96. The van der Waals surface area contributed by atoms with E-state index in [0.29, 0.717) is 12.2 Å². The van der Waals surface area contributed by atoms with Crippen molar-refractivity contribution in [2.45, 2.75) is 13.5 Å². The molecule has 1 heterocycles. The second-order valence-corrected chi connectivity index (χ2v) is 5.89. The Bertz CT molecular complexity index is 655. The Hall–Kier alpha value is -1.19. The van der Waals surface area contributed by atoms with Crippen LogP contribution in [0.15, 0.2) is 24.3 Å². The summed E-state index contributed by atoms with van der Waals surface area (Å²) in [5.74, 6) is 0. The second-order valence-electron chi connectivity index (χ2n) is 4.29. The highest BCUT2D eigenvalue weighted by Crippen LogP contribution is 2.23. The number of hydrogen-bond acceptors (Lipinski definition) is 2. The van der Waals surface area contributed by atoms with Gasteiger partial charge in [0, 0.05) is 33.6 Å². The van der Waals surface area contributed by atoms with Crippen molar-refractivity contribution < 1.29 is 0 Å². The van der Waals surface area contributed by atoms with Crippen molar-refractivity contribution in [2.75, 3.05) is 5.32 Å². The van der Waals surface area contributed by atoms with Crippen LogP contribution < -0.4 is 5.32 Å². The van der Waals surface area contributed by atoms with Crippen molar-refractivity contribution in [3.05, 3.63) is 49.8 Å². The molecule has 0 fully saturated rings. The summed E-state index contributed by atoms with van der Waals surface area (Å²) in [6.07, 6.45) is 0. The van der Waals surface area contributed by atoms with Gasteiger partial charge in [-0.15, -0.1) is 0 Å². The average Bonchev–Trinajstić information content (AvgIpc) is 2.65. The molecule has 0 saturated carbocycles. The van der Waals surface area contributed by atoms with Gasteiger partial charge in [0.2, 0.25) is 0 Å². The number of nitrogens with one attached hydrogen (secondary N) is 1. The van der Waals surface area contributed by atoms with Crippen LogP contribution in [0.3, 0.4) is 0 Å². The Kier molecular flexibility index (Phi) is 4.38. The Morgan fingerprint density at radius 2 is 2.16 bits per heavy atom. The molecule has 19 heavy (non-hydrogen) atoms. The van der Waals surface area contributed by atoms with Crippen LogP contribution >= 0.6 is 34.2 Å². The molecule has 1 aromatic heterocycles. The van der Waals surface area contributed by atoms with Gasteiger partial charge in [0.05, 0.1) is 0 Å². The average molecular weight is 386 g/mol. The lowest BCUT2D eigenvalue weighted by atomic mass is 10.2. The largest absolute Gasteiger partial charge is 0.380 e. The molecule has 98 valence electrons. The number of halogens is 2. The molecule has 1 aromatic carbocycles. The first kappa shape index (κ1) is 14.2. The Morgan fingerprint density at radius 1 is 1.42 bits per heavy atom. The lowest BCUT2D eigenvalue weighted by Crippen LogP contribution is -2.02. The van der Waals surface area contributed by atoms with E-state index >= 15 is 0 Å². The fourth-order valence-electron chi connectivity index (χ4n) is 1.87. The van der Waals surface area contributed by atoms with Crippen LogP contribution in [0.25, 0.3) is 0 Å². The van der Waals surface area contributed by atoms with Gasteiger partial charge in [-0.3, -0.25) is 0 Å². The van der Waals surface area contributed by atoms with Crippen LogP contribution in [-0.2, 0) is 13.6 Å².